The molecular weight excluding hydrogens is 204 g/mol. The van der Waals surface area contributed by atoms with Crippen molar-refractivity contribution in [2.45, 2.75) is 13.3 Å². The molecule has 0 fully saturated rings. The largest absolute Gasteiger partial charge is 0.250 e. The summed E-state index contributed by atoms with van der Waals surface area (Å²) in [5.41, 5.74) is 4.74. The zero-order valence-corrected chi connectivity index (χ0v) is 9.21. The molecule has 0 saturated carbocycles. The lowest BCUT2D eigenvalue weighted by atomic mass is 10.0. The molecule has 0 radical (unpaired) electrons. The summed E-state index contributed by atoms with van der Waals surface area (Å²) in [6.45, 7) is 2.00. The molecular formula is C12H10N2S. The highest BCUT2D eigenvalue weighted by molar-refractivity contribution is 7.09. The van der Waals surface area contributed by atoms with E-state index in [1.54, 1.807) is 11.3 Å². The van der Waals surface area contributed by atoms with Crippen LogP contribution in [0.4, 0.5) is 0 Å². The normalized spacial score (nSPS) is 9.87. The third-order valence-electron chi connectivity index (χ3n) is 2.33. The topological polar surface area (TPSA) is 36.7 Å². The van der Waals surface area contributed by atoms with E-state index in [1.807, 2.05) is 36.7 Å². The van der Waals surface area contributed by atoms with Crippen molar-refractivity contribution in [2.24, 2.45) is 0 Å². The SMILES string of the molecule is Cc1ncsc1Cc1ccccc1C#N. The summed E-state index contributed by atoms with van der Waals surface area (Å²) >= 11 is 1.64. The van der Waals surface area contributed by atoms with E-state index in [0.29, 0.717) is 0 Å². The van der Waals surface area contributed by atoms with Crippen molar-refractivity contribution in [1.29, 1.82) is 5.26 Å². The third-order valence-corrected chi connectivity index (χ3v) is 3.27. The van der Waals surface area contributed by atoms with Crippen LogP contribution in [0.2, 0.25) is 0 Å². The van der Waals surface area contributed by atoms with Gasteiger partial charge < -0.3 is 0 Å². The maximum Gasteiger partial charge on any atom is 0.0994 e. The summed E-state index contributed by atoms with van der Waals surface area (Å²) in [6.07, 6.45) is 0.806. The van der Waals surface area contributed by atoms with Gasteiger partial charge in [-0.15, -0.1) is 11.3 Å². The molecule has 15 heavy (non-hydrogen) atoms. The van der Waals surface area contributed by atoms with Crippen LogP contribution in [0.1, 0.15) is 21.7 Å². The zero-order valence-electron chi connectivity index (χ0n) is 8.40. The Hall–Kier alpha value is -1.66. The molecule has 0 atom stereocenters. The molecule has 0 aliphatic heterocycles. The van der Waals surface area contributed by atoms with Gasteiger partial charge in [0.15, 0.2) is 0 Å². The Balaban J connectivity index is 2.33. The number of hydrogen-bond acceptors (Lipinski definition) is 3. The van der Waals surface area contributed by atoms with E-state index in [2.05, 4.69) is 11.1 Å². The van der Waals surface area contributed by atoms with Gasteiger partial charge in [-0.2, -0.15) is 5.26 Å². The van der Waals surface area contributed by atoms with Crippen LogP contribution in [-0.2, 0) is 6.42 Å². The van der Waals surface area contributed by atoms with Crippen LogP contribution in [0.3, 0.4) is 0 Å². The van der Waals surface area contributed by atoms with Crippen LogP contribution >= 0.6 is 11.3 Å². The summed E-state index contributed by atoms with van der Waals surface area (Å²) in [5.74, 6) is 0. The number of hydrogen-bond donors (Lipinski definition) is 0. The number of aromatic nitrogens is 1. The molecule has 3 heteroatoms. The maximum absolute atomic E-state index is 8.95. The number of nitrogens with zero attached hydrogens (tertiary/aromatic N) is 2. The van der Waals surface area contributed by atoms with E-state index >= 15 is 0 Å². The number of rotatable bonds is 2. The smallest absolute Gasteiger partial charge is 0.0994 e. The molecule has 1 aromatic heterocycles. The Morgan fingerprint density at radius 2 is 2.20 bits per heavy atom. The van der Waals surface area contributed by atoms with E-state index in [1.165, 1.54) is 4.88 Å². The van der Waals surface area contributed by atoms with Gasteiger partial charge in [0, 0.05) is 11.3 Å². The predicted molar refractivity (Wildman–Crippen MR) is 60.8 cm³/mol. The second-order valence-corrected chi connectivity index (χ2v) is 4.25. The molecule has 1 heterocycles. The molecule has 0 N–H and O–H groups in total. The minimum absolute atomic E-state index is 0.755. The van der Waals surface area contributed by atoms with Gasteiger partial charge in [0.1, 0.15) is 0 Å². The van der Waals surface area contributed by atoms with Crippen LogP contribution < -0.4 is 0 Å². The molecule has 2 nitrogen and oxygen atoms in total. The van der Waals surface area contributed by atoms with Crippen LogP contribution in [0, 0.1) is 18.3 Å². The fourth-order valence-corrected chi connectivity index (χ4v) is 2.25. The monoisotopic (exact) mass is 214 g/mol. The highest BCUT2D eigenvalue weighted by Crippen LogP contribution is 2.19. The Bertz CT molecular complexity index is 508. The highest BCUT2D eigenvalue weighted by atomic mass is 32.1. The van der Waals surface area contributed by atoms with Crippen molar-refractivity contribution in [3.8, 4) is 6.07 Å². The van der Waals surface area contributed by atoms with Crippen molar-refractivity contribution >= 4 is 11.3 Å². The van der Waals surface area contributed by atoms with Gasteiger partial charge in [-0.05, 0) is 18.6 Å². The first-order chi connectivity index (χ1) is 7.31. The fourth-order valence-electron chi connectivity index (χ4n) is 1.45. The van der Waals surface area contributed by atoms with Gasteiger partial charge in [-0.25, -0.2) is 4.98 Å². The van der Waals surface area contributed by atoms with E-state index < -0.39 is 0 Å². The first kappa shape index (κ1) is 9.88. The minimum Gasteiger partial charge on any atom is -0.250 e. The predicted octanol–water partition coefficient (Wildman–Crippen LogP) is 2.91. The fraction of sp³-hybridized carbons (Fsp3) is 0.167. The average Bonchev–Trinajstić information content (AvgIpc) is 2.65. The van der Waals surface area contributed by atoms with Crippen LogP contribution in [0.25, 0.3) is 0 Å². The summed E-state index contributed by atoms with van der Waals surface area (Å²) in [4.78, 5) is 5.44. The van der Waals surface area contributed by atoms with Crippen molar-refractivity contribution < 1.29 is 0 Å². The lowest BCUT2D eigenvalue weighted by Gasteiger charge is -2.01. The molecule has 74 valence electrons. The minimum atomic E-state index is 0.755. The van der Waals surface area contributed by atoms with Crippen LogP contribution in [0.15, 0.2) is 29.8 Å². The summed E-state index contributed by atoms with van der Waals surface area (Å²) in [5, 5.41) is 8.95. The Labute approximate surface area is 92.8 Å². The van der Waals surface area contributed by atoms with Gasteiger partial charge >= 0.3 is 0 Å². The molecule has 1 aromatic carbocycles. The molecule has 0 saturated heterocycles. The van der Waals surface area contributed by atoms with Crippen LogP contribution in [0.5, 0.6) is 0 Å². The Morgan fingerprint density at radius 3 is 2.87 bits per heavy atom. The van der Waals surface area contributed by atoms with Crippen molar-refractivity contribution in [2.75, 3.05) is 0 Å². The second-order valence-electron chi connectivity index (χ2n) is 3.31. The molecule has 0 spiro atoms. The quantitative estimate of drug-likeness (QED) is 0.770. The Kier molecular flexibility index (Phi) is 2.79. The lowest BCUT2D eigenvalue weighted by molar-refractivity contribution is 1.14. The summed E-state index contributed by atoms with van der Waals surface area (Å²) in [7, 11) is 0. The van der Waals surface area contributed by atoms with E-state index in [9.17, 15) is 0 Å². The van der Waals surface area contributed by atoms with Crippen molar-refractivity contribution in [1.82, 2.24) is 4.98 Å². The second kappa shape index (κ2) is 4.24. The number of thiazole rings is 1. The van der Waals surface area contributed by atoms with Gasteiger partial charge in [0.05, 0.1) is 22.8 Å². The zero-order chi connectivity index (χ0) is 10.7. The standard InChI is InChI=1S/C12H10N2S/c1-9-12(15-8-14-9)6-10-4-2-3-5-11(10)7-13/h2-5,8H,6H2,1H3. The highest BCUT2D eigenvalue weighted by Gasteiger charge is 2.06. The van der Waals surface area contributed by atoms with Crippen molar-refractivity contribution in [3.63, 3.8) is 0 Å². The number of nitriles is 1. The first-order valence-corrected chi connectivity index (χ1v) is 5.56. The number of benzene rings is 1. The Morgan fingerprint density at radius 1 is 1.40 bits per heavy atom. The summed E-state index contributed by atoms with van der Waals surface area (Å²) in [6, 6.07) is 9.92. The van der Waals surface area contributed by atoms with Crippen LogP contribution in [-0.4, -0.2) is 4.98 Å². The van der Waals surface area contributed by atoms with Gasteiger partial charge in [0.25, 0.3) is 0 Å². The molecule has 2 aromatic rings. The van der Waals surface area contributed by atoms with E-state index in [0.717, 1.165) is 23.2 Å². The molecule has 2 rings (SSSR count). The molecule has 0 unspecified atom stereocenters. The lowest BCUT2D eigenvalue weighted by Crippen LogP contribution is -1.91. The molecule has 0 aliphatic carbocycles. The number of aryl methyl sites for hydroxylation is 1. The first-order valence-electron chi connectivity index (χ1n) is 4.68. The average molecular weight is 214 g/mol. The molecule has 0 aliphatic rings. The summed E-state index contributed by atoms with van der Waals surface area (Å²) < 4.78 is 0. The van der Waals surface area contributed by atoms with Crippen molar-refractivity contribution in [3.05, 3.63) is 51.5 Å². The van der Waals surface area contributed by atoms with Gasteiger partial charge in [0.2, 0.25) is 0 Å². The van der Waals surface area contributed by atoms with Gasteiger partial charge in [-0.3, -0.25) is 0 Å². The van der Waals surface area contributed by atoms with E-state index in [-0.39, 0.29) is 0 Å². The van der Waals surface area contributed by atoms with E-state index in [4.69, 9.17) is 5.26 Å². The third kappa shape index (κ3) is 2.05. The molecule has 0 bridgehead atoms. The molecule has 0 amide bonds. The van der Waals surface area contributed by atoms with Gasteiger partial charge in [-0.1, -0.05) is 18.2 Å². The maximum atomic E-state index is 8.95.